The van der Waals surface area contributed by atoms with Crippen LogP contribution in [0.3, 0.4) is 0 Å². The van der Waals surface area contributed by atoms with Crippen LogP contribution in [0.2, 0.25) is 0 Å². The lowest BCUT2D eigenvalue weighted by molar-refractivity contribution is 0.350. The first-order chi connectivity index (χ1) is 9.19. The van der Waals surface area contributed by atoms with E-state index in [2.05, 4.69) is 22.0 Å². The van der Waals surface area contributed by atoms with E-state index >= 15 is 0 Å². The van der Waals surface area contributed by atoms with Crippen molar-refractivity contribution < 1.29 is 13.9 Å². The van der Waals surface area contributed by atoms with Crippen LogP contribution in [0.15, 0.2) is 27.8 Å². The molecule has 1 aromatic heterocycles. The Morgan fingerprint density at radius 1 is 1.42 bits per heavy atom. The monoisotopic (exact) mass is 278 g/mol. The molecule has 0 atom stereocenters. The molecule has 1 N–H and O–H groups in total. The highest BCUT2D eigenvalue weighted by Crippen LogP contribution is 2.23. The molecule has 98 valence electrons. The number of halogens is 1. The first-order valence-corrected chi connectivity index (χ1v) is 6.48. The van der Waals surface area contributed by atoms with Crippen LogP contribution in [0, 0.1) is 24.6 Å². The summed E-state index contributed by atoms with van der Waals surface area (Å²) in [5.41, 5.74) is 1.07. The number of benzene rings is 1. The average Bonchev–Trinajstić information content (AvgIpc) is 2.81. The van der Waals surface area contributed by atoms with Crippen LogP contribution in [0.1, 0.15) is 17.0 Å². The molecule has 0 radical (unpaired) electrons. The van der Waals surface area contributed by atoms with Gasteiger partial charge in [0.05, 0.1) is 0 Å². The number of aryl methyl sites for hydroxylation is 1. The van der Waals surface area contributed by atoms with E-state index in [0.717, 1.165) is 0 Å². The Kier molecular flexibility index (Phi) is 4.55. The van der Waals surface area contributed by atoms with E-state index in [9.17, 15) is 4.39 Å². The van der Waals surface area contributed by atoms with Crippen molar-refractivity contribution in [3.8, 4) is 11.8 Å². The smallest absolute Gasteiger partial charge is 0.276 e. The topological polar surface area (TPSA) is 59.2 Å². The van der Waals surface area contributed by atoms with Crippen LogP contribution in [-0.2, 0) is 5.75 Å². The molecule has 0 aliphatic rings. The van der Waals surface area contributed by atoms with Crippen molar-refractivity contribution in [3.63, 3.8) is 0 Å². The van der Waals surface area contributed by atoms with E-state index in [4.69, 9.17) is 9.52 Å². The Labute approximate surface area is 114 Å². The van der Waals surface area contributed by atoms with Gasteiger partial charge in [0.25, 0.3) is 5.22 Å². The number of aromatic nitrogens is 2. The standard InChI is InChI=1S/C13H11FN2O2S/c1-9-15-16-13(18-9)19-8-11-5-4-10(3-2-6-17)7-12(11)14/h4-5,7,17H,6,8H2,1H3. The molecule has 0 amide bonds. The van der Waals surface area contributed by atoms with Gasteiger partial charge in [-0.05, 0) is 17.7 Å². The van der Waals surface area contributed by atoms with Crippen LogP contribution in [0.5, 0.6) is 0 Å². The van der Waals surface area contributed by atoms with Crippen molar-refractivity contribution in [1.82, 2.24) is 10.2 Å². The van der Waals surface area contributed by atoms with Crippen molar-refractivity contribution in [2.45, 2.75) is 17.9 Å². The Balaban J connectivity index is 2.05. The van der Waals surface area contributed by atoms with Gasteiger partial charge in [-0.3, -0.25) is 0 Å². The number of aliphatic hydroxyl groups is 1. The molecule has 6 heteroatoms. The summed E-state index contributed by atoms with van der Waals surface area (Å²) in [4.78, 5) is 0. The van der Waals surface area contributed by atoms with Crippen LogP contribution in [-0.4, -0.2) is 21.9 Å². The predicted molar refractivity (Wildman–Crippen MR) is 69.0 cm³/mol. The number of thioether (sulfide) groups is 1. The maximum absolute atomic E-state index is 13.8. The van der Waals surface area contributed by atoms with Crippen molar-refractivity contribution in [1.29, 1.82) is 0 Å². The maximum Gasteiger partial charge on any atom is 0.276 e. The first-order valence-electron chi connectivity index (χ1n) is 5.50. The van der Waals surface area contributed by atoms with Gasteiger partial charge in [-0.2, -0.15) is 0 Å². The number of hydrogen-bond donors (Lipinski definition) is 1. The average molecular weight is 278 g/mol. The molecule has 0 unspecified atom stereocenters. The number of nitrogens with zero attached hydrogens (tertiary/aromatic N) is 2. The third-order valence-corrected chi connectivity index (χ3v) is 3.09. The largest absolute Gasteiger partial charge is 0.416 e. The molecule has 0 saturated carbocycles. The molecule has 4 nitrogen and oxygen atoms in total. The van der Waals surface area contributed by atoms with Crippen LogP contribution >= 0.6 is 11.8 Å². The predicted octanol–water partition coefficient (Wildman–Crippen LogP) is 2.15. The second-order valence-corrected chi connectivity index (χ2v) is 4.57. The van der Waals surface area contributed by atoms with Gasteiger partial charge in [0.15, 0.2) is 0 Å². The zero-order valence-electron chi connectivity index (χ0n) is 10.2. The van der Waals surface area contributed by atoms with Gasteiger partial charge < -0.3 is 9.52 Å². The highest BCUT2D eigenvalue weighted by Gasteiger charge is 2.07. The summed E-state index contributed by atoms with van der Waals surface area (Å²) in [6, 6.07) is 4.71. The lowest BCUT2D eigenvalue weighted by atomic mass is 10.1. The van der Waals surface area contributed by atoms with Gasteiger partial charge in [0.1, 0.15) is 12.4 Å². The third-order valence-electron chi connectivity index (χ3n) is 2.22. The van der Waals surface area contributed by atoms with Crippen LogP contribution in [0.25, 0.3) is 0 Å². The van der Waals surface area contributed by atoms with Crippen LogP contribution < -0.4 is 0 Å². The molecule has 1 heterocycles. The molecule has 2 aromatic rings. The number of rotatable bonds is 3. The Morgan fingerprint density at radius 2 is 2.26 bits per heavy atom. The summed E-state index contributed by atoms with van der Waals surface area (Å²) in [7, 11) is 0. The minimum Gasteiger partial charge on any atom is -0.416 e. The maximum atomic E-state index is 13.8. The van der Waals surface area contributed by atoms with E-state index in [1.807, 2.05) is 0 Å². The summed E-state index contributed by atoms with van der Waals surface area (Å²) in [5, 5.41) is 16.5. The molecule has 0 aliphatic heterocycles. The molecule has 19 heavy (non-hydrogen) atoms. The SMILES string of the molecule is Cc1nnc(SCc2ccc(C#CCO)cc2F)o1. The zero-order chi connectivity index (χ0) is 13.7. The Bertz CT molecular complexity index is 631. The van der Waals surface area contributed by atoms with Gasteiger partial charge in [0.2, 0.25) is 5.89 Å². The van der Waals surface area contributed by atoms with E-state index in [1.54, 1.807) is 19.1 Å². The normalized spacial score (nSPS) is 10.1. The molecular weight excluding hydrogens is 267 g/mol. The molecule has 0 aliphatic carbocycles. The molecule has 0 bridgehead atoms. The second-order valence-electron chi connectivity index (χ2n) is 3.64. The van der Waals surface area contributed by atoms with E-state index in [1.165, 1.54) is 17.8 Å². The Morgan fingerprint density at radius 3 is 2.89 bits per heavy atom. The summed E-state index contributed by atoms with van der Waals surface area (Å²) < 4.78 is 19.0. The van der Waals surface area contributed by atoms with Gasteiger partial charge >= 0.3 is 0 Å². The fourth-order valence-electron chi connectivity index (χ4n) is 1.36. The van der Waals surface area contributed by atoms with E-state index < -0.39 is 0 Å². The van der Waals surface area contributed by atoms with Gasteiger partial charge in [-0.15, -0.1) is 10.2 Å². The fourth-order valence-corrected chi connectivity index (χ4v) is 2.15. The van der Waals surface area contributed by atoms with Crippen molar-refractivity contribution in [3.05, 3.63) is 41.0 Å². The van der Waals surface area contributed by atoms with Crippen LogP contribution in [0.4, 0.5) is 4.39 Å². The quantitative estimate of drug-likeness (QED) is 0.688. The summed E-state index contributed by atoms with van der Waals surface area (Å²) in [6.45, 7) is 1.46. The van der Waals surface area contributed by atoms with Crippen molar-refractivity contribution >= 4 is 11.8 Å². The lowest BCUT2D eigenvalue weighted by Crippen LogP contribution is -1.89. The minimum absolute atomic E-state index is 0.240. The van der Waals surface area contributed by atoms with E-state index in [-0.39, 0.29) is 12.4 Å². The van der Waals surface area contributed by atoms with Gasteiger partial charge in [-0.25, -0.2) is 4.39 Å². The molecule has 0 saturated heterocycles. The van der Waals surface area contributed by atoms with Gasteiger partial charge in [0, 0.05) is 18.2 Å². The van der Waals surface area contributed by atoms with Crippen molar-refractivity contribution in [2.75, 3.05) is 6.61 Å². The highest BCUT2D eigenvalue weighted by atomic mass is 32.2. The molecule has 0 fully saturated rings. The molecule has 2 rings (SSSR count). The van der Waals surface area contributed by atoms with Crippen molar-refractivity contribution in [2.24, 2.45) is 0 Å². The number of aliphatic hydroxyl groups excluding tert-OH is 1. The highest BCUT2D eigenvalue weighted by molar-refractivity contribution is 7.98. The molecule has 0 spiro atoms. The van der Waals surface area contributed by atoms with Gasteiger partial charge in [-0.1, -0.05) is 29.7 Å². The molecule has 1 aromatic carbocycles. The minimum atomic E-state index is -0.339. The fraction of sp³-hybridized carbons (Fsp3) is 0.231. The van der Waals surface area contributed by atoms with E-state index in [0.29, 0.717) is 28.0 Å². The first kappa shape index (κ1) is 13.6. The zero-order valence-corrected chi connectivity index (χ0v) is 11.0. The summed E-state index contributed by atoms with van der Waals surface area (Å²) in [5.74, 6) is 5.67. The molecular formula is C13H11FN2O2S. The third kappa shape index (κ3) is 3.81. The number of hydrogen-bond acceptors (Lipinski definition) is 5. The Hall–Kier alpha value is -1.84. The second kappa shape index (κ2) is 6.36. The lowest BCUT2D eigenvalue weighted by Gasteiger charge is -2.01. The summed E-state index contributed by atoms with van der Waals surface area (Å²) in [6.07, 6.45) is 0. The summed E-state index contributed by atoms with van der Waals surface area (Å²) >= 11 is 1.28.